The Kier molecular flexibility index (Phi) is 4.70. The molecule has 0 spiro atoms. The lowest BCUT2D eigenvalue weighted by Gasteiger charge is -2.18. The first-order valence-corrected chi connectivity index (χ1v) is 10.7. The van der Waals surface area contributed by atoms with Crippen LogP contribution in [0, 0.1) is 0 Å². The molecular formula is C21H19N5O4S. The van der Waals surface area contributed by atoms with Gasteiger partial charge < -0.3 is 19.7 Å². The van der Waals surface area contributed by atoms with E-state index in [2.05, 4.69) is 21.4 Å². The van der Waals surface area contributed by atoms with Crippen molar-refractivity contribution in [2.75, 3.05) is 13.7 Å². The molecule has 1 aromatic carbocycles. The summed E-state index contributed by atoms with van der Waals surface area (Å²) in [4.78, 5) is 29.4. The van der Waals surface area contributed by atoms with Gasteiger partial charge in [0.2, 0.25) is 5.43 Å². The van der Waals surface area contributed by atoms with E-state index in [1.54, 1.807) is 30.6 Å². The van der Waals surface area contributed by atoms with E-state index in [0.29, 0.717) is 29.7 Å². The SMILES string of the molecule is COc1c(-c2cc3c(s2)C(N=[N+]=[N-])CNC3)ccc2c(=O)c(C(=O)O)cn(C3CC3)c12. The normalized spacial score (nSPS) is 17.8. The number of thiophene rings is 1. The summed E-state index contributed by atoms with van der Waals surface area (Å²) >= 11 is 1.55. The number of hydrogen-bond acceptors (Lipinski definition) is 6. The largest absolute Gasteiger partial charge is 0.494 e. The molecule has 0 radical (unpaired) electrons. The Hall–Kier alpha value is -3.33. The maximum Gasteiger partial charge on any atom is 0.341 e. The van der Waals surface area contributed by atoms with Gasteiger partial charge >= 0.3 is 5.97 Å². The predicted octanol–water partition coefficient (Wildman–Crippen LogP) is 4.23. The highest BCUT2D eigenvalue weighted by Crippen LogP contribution is 2.45. The van der Waals surface area contributed by atoms with Gasteiger partial charge in [0, 0.05) is 45.6 Å². The number of nitrogens with zero attached hydrogens (tertiary/aromatic N) is 4. The summed E-state index contributed by atoms with van der Waals surface area (Å²) < 4.78 is 7.67. The van der Waals surface area contributed by atoms with Crippen LogP contribution < -0.4 is 15.5 Å². The Morgan fingerprint density at radius 1 is 1.42 bits per heavy atom. The summed E-state index contributed by atoms with van der Waals surface area (Å²) in [6.07, 6.45) is 3.30. The summed E-state index contributed by atoms with van der Waals surface area (Å²) in [6, 6.07) is 5.43. The Morgan fingerprint density at radius 2 is 2.23 bits per heavy atom. The van der Waals surface area contributed by atoms with Crippen LogP contribution in [0.5, 0.6) is 5.75 Å². The predicted molar refractivity (Wildman–Crippen MR) is 117 cm³/mol. The number of benzene rings is 1. The molecular weight excluding hydrogens is 418 g/mol. The van der Waals surface area contributed by atoms with Crippen LogP contribution in [-0.4, -0.2) is 29.3 Å². The molecule has 3 aromatic rings. The lowest BCUT2D eigenvalue weighted by molar-refractivity contribution is 0.0695. The van der Waals surface area contributed by atoms with Crippen molar-refractivity contribution in [1.82, 2.24) is 9.88 Å². The second-order valence-electron chi connectivity index (χ2n) is 7.71. The molecule has 0 amide bonds. The molecule has 0 saturated heterocycles. The van der Waals surface area contributed by atoms with Crippen LogP contribution >= 0.6 is 11.3 Å². The number of carbonyl (C=O) groups is 1. The number of aromatic nitrogens is 1. The van der Waals surface area contributed by atoms with Gasteiger partial charge in [-0.1, -0.05) is 5.11 Å². The minimum Gasteiger partial charge on any atom is -0.494 e. The number of aromatic carboxylic acids is 1. The van der Waals surface area contributed by atoms with Crippen LogP contribution in [0.15, 0.2) is 34.3 Å². The van der Waals surface area contributed by atoms with Crippen molar-refractivity contribution in [2.45, 2.75) is 31.5 Å². The number of ether oxygens (including phenoxy) is 1. The van der Waals surface area contributed by atoms with Crippen LogP contribution in [0.1, 0.15) is 45.7 Å². The summed E-state index contributed by atoms with van der Waals surface area (Å²) in [5.41, 5.74) is 10.7. The van der Waals surface area contributed by atoms with E-state index >= 15 is 0 Å². The number of nitrogens with one attached hydrogen (secondary N) is 1. The van der Waals surface area contributed by atoms with E-state index in [1.165, 1.54) is 6.20 Å². The summed E-state index contributed by atoms with van der Waals surface area (Å²) in [5, 5.41) is 17.0. The Balaban J connectivity index is 1.76. The molecule has 1 aliphatic carbocycles. The number of methoxy groups -OCH3 is 1. The van der Waals surface area contributed by atoms with E-state index in [0.717, 1.165) is 33.7 Å². The summed E-state index contributed by atoms with van der Waals surface area (Å²) in [6.45, 7) is 1.28. The third-order valence-electron chi connectivity index (χ3n) is 5.78. The first-order chi connectivity index (χ1) is 15.0. The monoisotopic (exact) mass is 437 g/mol. The highest BCUT2D eigenvalue weighted by molar-refractivity contribution is 7.15. The molecule has 1 fully saturated rings. The zero-order valence-electron chi connectivity index (χ0n) is 16.7. The van der Waals surface area contributed by atoms with Crippen LogP contribution in [0.3, 0.4) is 0 Å². The number of rotatable bonds is 5. The summed E-state index contributed by atoms with van der Waals surface area (Å²) in [5.74, 6) is -0.683. The Morgan fingerprint density at radius 3 is 2.90 bits per heavy atom. The van der Waals surface area contributed by atoms with E-state index in [-0.39, 0.29) is 17.6 Å². The fourth-order valence-electron chi connectivity index (χ4n) is 4.20. The molecule has 3 heterocycles. The number of azide groups is 1. The third kappa shape index (κ3) is 3.16. The zero-order chi connectivity index (χ0) is 21.7. The van der Waals surface area contributed by atoms with Gasteiger partial charge in [-0.3, -0.25) is 4.79 Å². The lowest BCUT2D eigenvalue weighted by Crippen LogP contribution is -2.25. The van der Waals surface area contributed by atoms with E-state index in [4.69, 9.17) is 10.3 Å². The maximum atomic E-state index is 12.9. The number of carboxylic acids is 1. The van der Waals surface area contributed by atoms with E-state index < -0.39 is 11.4 Å². The smallest absolute Gasteiger partial charge is 0.341 e. The van der Waals surface area contributed by atoms with Crippen molar-refractivity contribution in [1.29, 1.82) is 0 Å². The van der Waals surface area contributed by atoms with Crippen molar-refractivity contribution in [3.63, 3.8) is 0 Å². The van der Waals surface area contributed by atoms with Gasteiger partial charge in [-0.15, -0.1) is 11.3 Å². The first-order valence-electron chi connectivity index (χ1n) is 9.90. The van der Waals surface area contributed by atoms with Crippen LogP contribution in [0.25, 0.3) is 31.8 Å². The third-order valence-corrected chi connectivity index (χ3v) is 7.09. The minimum absolute atomic E-state index is 0.153. The molecule has 5 rings (SSSR count). The average molecular weight is 437 g/mol. The molecule has 9 nitrogen and oxygen atoms in total. The van der Waals surface area contributed by atoms with Gasteiger partial charge in [0.25, 0.3) is 0 Å². The number of pyridine rings is 1. The molecule has 10 heteroatoms. The van der Waals surface area contributed by atoms with Crippen molar-refractivity contribution in [3.05, 3.63) is 61.1 Å². The van der Waals surface area contributed by atoms with Crippen molar-refractivity contribution >= 4 is 28.2 Å². The van der Waals surface area contributed by atoms with Crippen LogP contribution in [0.4, 0.5) is 0 Å². The molecule has 1 unspecified atom stereocenters. The van der Waals surface area contributed by atoms with E-state index in [9.17, 15) is 14.7 Å². The molecule has 1 atom stereocenters. The number of fused-ring (bicyclic) bond motifs is 2. The highest BCUT2D eigenvalue weighted by atomic mass is 32.1. The maximum absolute atomic E-state index is 12.9. The second kappa shape index (κ2) is 7.42. The molecule has 31 heavy (non-hydrogen) atoms. The first kappa shape index (κ1) is 19.6. The van der Waals surface area contributed by atoms with Crippen molar-refractivity contribution in [2.24, 2.45) is 5.11 Å². The van der Waals surface area contributed by atoms with Gasteiger partial charge in [0.15, 0.2) is 5.75 Å². The van der Waals surface area contributed by atoms with Crippen LogP contribution in [0.2, 0.25) is 0 Å². The van der Waals surface area contributed by atoms with Gasteiger partial charge in [-0.05, 0) is 42.1 Å². The molecule has 2 aromatic heterocycles. The molecule has 158 valence electrons. The standard InChI is InChI=1S/C21H19N5O4S/c1-30-19-12(16-6-10-7-23-8-15(24-25-22)20(10)31-16)4-5-13-17(19)26(11-2-3-11)9-14(18(13)27)21(28)29/h4-6,9,11,15,23H,2-3,7-8H2,1H3,(H,28,29). The Labute approximate surface area is 180 Å². The van der Waals surface area contributed by atoms with Crippen LogP contribution in [-0.2, 0) is 6.54 Å². The van der Waals surface area contributed by atoms with Crippen molar-refractivity contribution in [3.8, 4) is 16.2 Å². The van der Waals surface area contributed by atoms with Gasteiger partial charge in [0.1, 0.15) is 5.56 Å². The van der Waals surface area contributed by atoms with Crippen molar-refractivity contribution < 1.29 is 14.6 Å². The topological polar surface area (TPSA) is 129 Å². The fourth-order valence-corrected chi connectivity index (χ4v) is 5.44. The minimum atomic E-state index is -1.23. The average Bonchev–Trinajstić information content (AvgIpc) is 3.51. The fraction of sp³-hybridized carbons (Fsp3) is 0.333. The number of hydrogen-bond donors (Lipinski definition) is 2. The zero-order valence-corrected chi connectivity index (χ0v) is 17.5. The highest BCUT2D eigenvalue weighted by Gasteiger charge is 2.30. The molecule has 1 aliphatic heterocycles. The van der Waals surface area contributed by atoms with Gasteiger partial charge in [-0.25, -0.2) is 4.79 Å². The summed E-state index contributed by atoms with van der Waals surface area (Å²) in [7, 11) is 1.56. The van der Waals surface area contributed by atoms with Gasteiger partial charge in [0.05, 0.1) is 24.1 Å². The quantitative estimate of drug-likeness (QED) is 0.351. The van der Waals surface area contributed by atoms with E-state index in [1.807, 2.05) is 4.57 Å². The molecule has 2 N–H and O–H groups in total. The number of carboxylic acid groups (broad SMARTS) is 1. The molecule has 2 aliphatic rings. The molecule has 0 bridgehead atoms. The lowest BCUT2D eigenvalue weighted by atomic mass is 10.0. The van der Waals surface area contributed by atoms with Gasteiger partial charge in [-0.2, -0.15) is 0 Å². The second-order valence-corrected chi connectivity index (χ2v) is 8.79. The molecule has 1 saturated carbocycles. The Bertz CT molecular complexity index is 1330.